The van der Waals surface area contributed by atoms with Crippen LogP contribution in [0.1, 0.15) is 36.1 Å². The van der Waals surface area contributed by atoms with Crippen molar-refractivity contribution in [3.05, 3.63) is 53.3 Å². The normalized spacial score (nSPS) is 17.1. The van der Waals surface area contributed by atoms with Crippen LogP contribution in [-0.2, 0) is 10.9 Å². The molecule has 4 aromatic rings. The van der Waals surface area contributed by atoms with Crippen LogP contribution in [0.25, 0.3) is 16.7 Å². The third-order valence-corrected chi connectivity index (χ3v) is 6.22. The monoisotopic (exact) mass is 487 g/mol. The molecular formula is C24H24F3N5O3. The second-order valence-electron chi connectivity index (χ2n) is 8.47. The molecule has 1 saturated heterocycles. The number of aromatic nitrogens is 4. The number of halogens is 3. The summed E-state index contributed by atoms with van der Waals surface area (Å²) in [6.07, 6.45) is -2.23. The molecule has 0 amide bonds. The first-order chi connectivity index (χ1) is 16.8. The predicted octanol–water partition coefficient (Wildman–Crippen LogP) is 4.95. The fraction of sp³-hybridized carbons (Fsp3) is 0.375. The Labute approximate surface area is 199 Å². The Hall–Kier alpha value is -3.60. The van der Waals surface area contributed by atoms with E-state index in [0.29, 0.717) is 52.8 Å². The first-order valence-electron chi connectivity index (χ1n) is 11.2. The Morgan fingerprint density at radius 1 is 1.23 bits per heavy atom. The minimum absolute atomic E-state index is 0.101. The average Bonchev–Trinajstić information content (AvgIpc) is 3.50. The summed E-state index contributed by atoms with van der Waals surface area (Å²) in [5, 5.41) is 12.0. The number of hydrogen-bond acceptors (Lipinski definition) is 7. The molecule has 1 unspecified atom stereocenters. The number of ether oxygens (including phenoxy) is 3. The number of rotatable bonds is 6. The van der Waals surface area contributed by atoms with Gasteiger partial charge in [-0.05, 0) is 37.1 Å². The van der Waals surface area contributed by atoms with Crippen LogP contribution in [0.3, 0.4) is 0 Å². The molecule has 2 atom stereocenters. The van der Waals surface area contributed by atoms with E-state index in [4.69, 9.17) is 14.2 Å². The van der Waals surface area contributed by atoms with E-state index in [1.807, 2.05) is 12.1 Å². The maximum absolute atomic E-state index is 13.5. The van der Waals surface area contributed by atoms with Gasteiger partial charge in [0, 0.05) is 17.9 Å². The molecule has 35 heavy (non-hydrogen) atoms. The van der Waals surface area contributed by atoms with Crippen molar-refractivity contribution in [2.24, 2.45) is 0 Å². The zero-order valence-corrected chi connectivity index (χ0v) is 19.4. The lowest BCUT2D eigenvalue weighted by Gasteiger charge is -2.22. The SMILES string of the molecule is COc1cc2c(cc1OC1CCOC1)c(N[C@H](C)c1cccc(C(F)(F)F)c1C)nc1nncn12. The van der Waals surface area contributed by atoms with Crippen LogP contribution in [0.4, 0.5) is 19.0 Å². The maximum atomic E-state index is 13.5. The molecular weight excluding hydrogens is 463 g/mol. The molecule has 0 saturated carbocycles. The molecule has 0 aliphatic carbocycles. The Balaban J connectivity index is 1.60. The van der Waals surface area contributed by atoms with E-state index in [0.717, 1.165) is 12.5 Å². The lowest BCUT2D eigenvalue weighted by atomic mass is 9.97. The van der Waals surface area contributed by atoms with Crippen molar-refractivity contribution in [2.75, 3.05) is 25.6 Å². The van der Waals surface area contributed by atoms with Crippen molar-refractivity contribution in [3.63, 3.8) is 0 Å². The van der Waals surface area contributed by atoms with E-state index >= 15 is 0 Å². The number of methoxy groups -OCH3 is 1. The van der Waals surface area contributed by atoms with Gasteiger partial charge in [-0.25, -0.2) is 0 Å². The van der Waals surface area contributed by atoms with Gasteiger partial charge in [0.2, 0.25) is 0 Å². The third kappa shape index (κ3) is 4.31. The first kappa shape index (κ1) is 23.2. The zero-order chi connectivity index (χ0) is 24.7. The standard InChI is InChI=1S/C24H24F3N5O3/c1-13-16(5-4-6-18(13)24(25,26)27)14(2)29-22-17-9-21(35-15-7-8-34-11-15)20(33-3)10-19(17)32-12-28-31-23(32)30-22/h4-6,9-10,12,14-15H,7-8,11H2,1-3H3,(H,29,30,31)/t14-,15?/m1/s1. The van der Waals surface area contributed by atoms with Crippen LogP contribution in [0, 0.1) is 6.92 Å². The molecule has 1 aliphatic heterocycles. The van der Waals surface area contributed by atoms with Gasteiger partial charge in [0.25, 0.3) is 5.78 Å². The molecule has 11 heteroatoms. The highest BCUT2D eigenvalue weighted by molar-refractivity contribution is 5.93. The lowest BCUT2D eigenvalue weighted by Crippen LogP contribution is -2.16. The average molecular weight is 487 g/mol. The Morgan fingerprint density at radius 3 is 2.77 bits per heavy atom. The van der Waals surface area contributed by atoms with Crippen LogP contribution in [0.2, 0.25) is 0 Å². The van der Waals surface area contributed by atoms with Crippen LogP contribution in [-0.4, -0.2) is 46.0 Å². The van der Waals surface area contributed by atoms with E-state index < -0.39 is 17.8 Å². The molecule has 1 fully saturated rings. The largest absolute Gasteiger partial charge is 0.493 e. The minimum atomic E-state index is -4.43. The second kappa shape index (κ2) is 8.88. The van der Waals surface area contributed by atoms with Gasteiger partial charge in [-0.3, -0.25) is 4.40 Å². The molecule has 3 heterocycles. The molecule has 5 rings (SSSR count). The minimum Gasteiger partial charge on any atom is -0.493 e. The lowest BCUT2D eigenvalue weighted by molar-refractivity contribution is -0.138. The van der Waals surface area contributed by atoms with E-state index in [9.17, 15) is 13.2 Å². The highest BCUT2D eigenvalue weighted by Crippen LogP contribution is 2.38. The molecule has 184 valence electrons. The highest BCUT2D eigenvalue weighted by Gasteiger charge is 2.33. The summed E-state index contributed by atoms with van der Waals surface area (Å²) < 4.78 is 59.2. The molecule has 1 N–H and O–H groups in total. The smallest absolute Gasteiger partial charge is 0.416 e. The van der Waals surface area contributed by atoms with Gasteiger partial charge in [0.15, 0.2) is 11.5 Å². The summed E-state index contributed by atoms with van der Waals surface area (Å²) in [6, 6.07) is 7.32. The predicted molar refractivity (Wildman–Crippen MR) is 123 cm³/mol. The van der Waals surface area contributed by atoms with Crippen LogP contribution >= 0.6 is 0 Å². The molecule has 1 aliphatic rings. The number of hydrogen-bond donors (Lipinski definition) is 1. The Kier molecular flexibility index (Phi) is 5.87. The van der Waals surface area contributed by atoms with Crippen LogP contribution in [0.5, 0.6) is 11.5 Å². The maximum Gasteiger partial charge on any atom is 0.416 e. The van der Waals surface area contributed by atoms with Gasteiger partial charge in [0.05, 0.1) is 37.4 Å². The number of fused-ring (bicyclic) bond motifs is 3. The fourth-order valence-electron chi connectivity index (χ4n) is 4.43. The number of alkyl halides is 3. The van der Waals surface area contributed by atoms with Gasteiger partial charge >= 0.3 is 6.18 Å². The van der Waals surface area contributed by atoms with Crippen LogP contribution < -0.4 is 14.8 Å². The number of benzene rings is 2. The molecule has 2 aromatic carbocycles. The third-order valence-electron chi connectivity index (χ3n) is 6.22. The molecule has 0 radical (unpaired) electrons. The van der Waals surface area contributed by atoms with Crippen molar-refractivity contribution < 1.29 is 27.4 Å². The quantitative estimate of drug-likeness (QED) is 0.412. The highest BCUT2D eigenvalue weighted by atomic mass is 19.4. The van der Waals surface area contributed by atoms with Gasteiger partial charge in [0.1, 0.15) is 18.2 Å². The van der Waals surface area contributed by atoms with Crippen LogP contribution in [0.15, 0.2) is 36.7 Å². The summed E-state index contributed by atoms with van der Waals surface area (Å²) in [7, 11) is 1.56. The molecule has 0 spiro atoms. The van der Waals surface area contributed by atoms with Crippen molar-refractivity contribution in [3.8, 4) is 11.5 Å². The zero-order valence-electron chi connectivity index (χ0n) is 19.4. The Bertz CT molecular complexity index is 1380. The van der Waals surface area contributed by atoms with E-state index in [-0.39, 0.29) is 11.7 Å². The second-order valence-corrected chi connectivity index (χ2v) is 8.47. The summed E-state index contributed by atoms with van der Waals surface area (Å²) in [4.78, 5) is 4.59. The number of nitrogens with zero attached hydrogens (tertiary/aromatic N) is 4. The van der Waals surface area contributed by atoms with Gasteiger partial charge in [-0.15, -0.1) is 10.2 Å². The summed E-state index contributed by atoms with van der Waals surface area (Å²) in [5.41, 5.74) is 0.736. The van der Waals surface area contributed by atoms with Gasteiger partial charge < -0.3 is 19.5 Å². The summed E-state index contributed by atoms with van der Waals surface area (Å²) >= 11 is 0. The molecule has 2 aromatic heterocycles. The number of anilines is 1. The first-order valence-corrected chi connectivity index (χ1v) is 11.2. The van der Waals surface area contributed by atoms with E-state index in [2.05, 4.69) is 20.5 Å². The van der Waals surface area contributed by atoms with E-state index in [1.165, 1.54) is 13.0 Å². The number of nitrogens with one attached hydrogen (secondary N) is 1. The summed E-state index contributed by atoms with van der Waals surface area (Å²) in [6.45, 7) is 4.38. The van der Waals surface area contributed by atoms with Crippen molar-refractivity contribution in [2.45, 2.75) is 38.6 Å². The topological polar surface area (TPSA) is 82.8 Å². The van der Waals surface area contributed by atoms with Crippen molar-refractivity contribution >= 4 is 22.5 Å². The van der Waals surface area contributed by atoms with Gasteiger partial charge in [-0.2, -0.15) is 18.2 Å². The fourth-order valence-corrected chi connectivity index (χ4v) is 4.43. The van der Waals surface area contributed by atoms with Gasteiger partial charge in [-0.1, -0.05) is 12.1 Å². The van der Waals surface area contributed by atoms with Crippen molar-refractivity contribution in [1.29, 1.82) is 0 Å². The van der Waals surface area contributed by atoms with E-state index in [1.54, 1.807) is 30.8 Å². The Morgan fingerprint density at radius 2 is 2.06 bits per heavy atom. The molecule has 0 bridgehead atoms. The van der Waals surface area contributed by atoms with Crippen molar-refractivity contribution in [1.82, 2.24) is 19.6 Å². The molecule has 8 nitrogen and oxygen atoms in total. The summed E-state index contributed by atoms with van der Waals surface area (Å²) in [5.74, 6) is 1.84.